The van der Waals surface area contributed by atoms with Crippen LogP contribution in [0.2, 0.25) is 10.0 Å². The van der Waals surface area contributed by atoms with Crippen molar-refractivity contribution < 1.29 is 52.2 Å². The largest absolute Gasteiger partial charge is 0.480 e. The third-order valence-electron chi connectivity index (χ3n) is 13.9. The van der Waals surface area contributed by atoms with Gasteiger partial charge in [0.2, 0.25) is 23.6 Å². The molecule has 4 heterocycles. The topological polar surface area (TPSA) is 200 Å². The Morgan fingerprint density at radius 3 is 1.70 bits per heavy atom. The Morgan fingerprint density at radius 2 is 1.22 bits per heavy atom. The summed E-state index contributed by atoms with van der Waals surface area (Å²) in [6.07, 6.45) is 10.6. The number of amides is 4. The van der Waals surface area contributed by atoms with Crippen LogP contribution < -0.4 is 20.4 Å². The maximum absolute atomic E-state index is 14.1. The highest BCUT2D eigenvalue weighted by Gasteiger charge is 2.34. The minimum atomic E-state index is -0.967. The van der Waals surface area contributed by atoms with Gasteiger partial charge in [0.25, 0.3) is 0 Å². The molecule has 2 saturated carbocycles. The molecule has 0 unspecified atom stereocenters. The van der Waals surface area contributed by atoms with Crippen LogP contribution >= 0.6 is 23.2 Å². The van der Waals surface area contributed by atoms with Gasteiger partial charge in [0.05, 0.1) is 23.1 Å². The Bertz CT molecular complexity index is 3290. The molecule has 4 aliphatic rings. The summed E-state index contributed by atoms with van der Waals surface area (Å²) in [4.78, 5) is 102. The van der Waals surface area contributed by atoms with Gasteiger partial charge in [-0.15, -0.1) is 0 Å². The van der Waals surface area contributed by atoms with Crippen LogP contribution in [0.1, 0.15) is 103 Å². The average Bonchev–Trinajstić information content (AvgIpc) is 4.26. The van der Waals surface area contributed by atoms with Gasteiger partial charge in [0, 0.05) is 113 Å². The number of aliphatic carboxylic acids is 1. The molecule has 2 saturated heterocycles. The van der Waals surface area contributed by atoms with Crippen molar-refractivity contribution in [2.24, 2.45) is 0 Å². The predicted octanol–water partition coefficient (Wildman–Crippen LogP) is 8.86. The number of hydrogen-bond donors (Lipinski definition) is 3. The predicted molar refractivity (Wildman–Crippen MR) is 288 cm³/mol. The van der Waals surface area contributed by atoms with E-state index in [9.17, 15) is 47.1 Å². The molecule has 0 atom stereocenters. The molecule has 20 heteroatoms. The van der Waals surface area contributed by atoms with E-state index in [-0.39, 0.29) is 82.9 Å². The third-order valence-corrected chi connectivity index (χ3v) is 14.5. The molecule has 404 valence electrons. The number of Topliss-reactive ketones (excluding diaryl/α,β-unsaturated/α-hetero) is 3. The first-order chi connectivity index (χ1) is 36.9. The van der Waals surface area contributed by atoms with Gasteiger partial charge >= 0.3 is 5.97 Å². The van der Waals surface area contributed by atoms with Crippen LogP contribution in [0, 0.1) is 11.6 Å². The van der Waals surface area contributed by atoms with Gasteiger partial charge in [0.15, 0.2) is 11.6 Å². The zero-order valence-electron chi connectivity index (χ0n) is 42.7. The van der Waals surface area contributed by atoms with E-state index >= 15 is 0 Å². The highest BCUT2D eigenvalue weighted by Crippen LogP contribution is 2.33. The molecule has 6 aromatic rings. The van der Waals surface area contributed by atoms with Crippen molar-refractivity contribution >= 4 is 103 Å². The van der Waals surface area contributed by atoms with Crippen molar-refractivity contribution in [2.45, 2.75) is 110 Å². The van der Waals surface area contributed by atoms with Crippen molar-refractivity contribution in [1.82, 2.24) is 24.7 Å². The summed E-state index contributed by atoms with van der Waals surface area (Å²) in [5, 5.41) is 16.3. The normalized spacial score (nSPS) is 15.0. The van der Waals surface area contributed by atoms with Crippen LogP contribution in [0.5, 0.6) is 0 Å². The molecule has 2 aliphatic carbocycles. The lowest BCUT2D eigenvalue weighted by atomic mass is 10.1. The number of halogens is 4. The van der Waals surface area contributed by atoms with Crippen molar-refractivity contribution in [2.75, 3.05) is 36.0 Å². The summed E-state index contributed by atoms with van der Waals surface area (Å²) in [5.41, 5.74) is 4.60. The van der Waals surface area contributed by atoms with E-state index in [0.29, 0.717) is 89.9 Å². The molecule has 0 spiro atoms. The number of nitrogens with one attached hydrogen (secondary N) is 2. The number of carboxylic acids is 1. The molecular weight excluding hydrogens is 1040 g/mol. The first-order valence-electron chi connectivity index (χ1n) is 25.6. The molecule has 77 heavy (non-hydrogen) atoms. The number of aromatic nitrogens is 2. The summed E-state index contributed by atoms with van der Waals surface area (Å²) in [5.74, 6) is -2.61. The van der Waals surface area contributed by atoms with Crippen LogP contribution in [0.3, 0.4) is 0 Å². The number of nitrogens with zero attached hydrogens (tertiary/aromatic N) is 5. The summed E-state index contributed by atoms with van der Waals surface area (Å²) in [7, 11) is 0. The highest BCUT2D eigenvalue weighted by atomic mass is 35.5. The first-order valence-corrected chi connectivity index (χ1v) is 26.4. The number of benzene rings is 4. The minimum absolute atomic E-state index is 0.0189. The lowest BCUT2D eigenvalue weighted by molar-refractivity contribution is -0.137. The van der Waals surface area contributed by atoms with Gasteiger partial charge in [-0.05, 0) is 113 Å². The van der Waals surface area contributed by atoms with E-state index in [1.807, 2.05) is 18.2 Å². The van der Waals surface area contributed by atoms with Gasteiger partial charge in [-0.1, -0.05) is 47.5 Å². The SMILES string of the molecule is CC(=O)c1cn(CC(=O)N(CC(=O)NCc2cccc(Cl)c2F)C2CC2)c2ccc(N3CCCC3=O)cc12.CC(=O)c1cn(CC(=O)O)c2ccc(N3CCCC3=O)cc12.O=C(CCc1cccc(Cl)c1F)CNC1CC1. The van der Waals surface area contributed by atoms with E-state index in [1.165, 1.54) is 26.0 Å². The van der Waals surface area contributed by atoms with Gasteiger partial charge < -0.3 is 39.6 Å². The second kappa shape index (κ2) is 24.8. The number of carboxylic acid groups (broad SMARTS) is 1. The molecule has 2 aliphatic heterocycles. The van der Waals surface area contributed by atoms with E-state index in [2.05, 4.69) is 10.6 Å². The molecule has 4 amide bonds. The quantitative estimate of drug-likeness (QED) is 0.0659. The minimum Gasteiger partial charge on any atom is -0.480 e. The Hall–Kier alpha value is -7.28. The maximum atomic E-state index is 14.1. The summed E-state index contributed by atoms with van der Waals surface area (Å²) in [6.45, 7) is 4.20. The summed E-state index contributed by atoms with van der Waals surface area (Å²) < 4.78 is 30.9. The van der Waals surface area contributed by atoms with Crippen LogP contribution in [0.15, 0.2) is 85.2 Å². The molecular formula is C57H59Cl2F2N7O9. The van der Waals surface area contributed by atoms with Gasteiger partial charge in [-0.2, -0.15) is 0 Å². The first kappa shape index (κ1) is 55.9. The number of hydrogen-bond acceptors (Lipinski definition) is 9. The number of aryl methyl sites for hydroxylation is 1. The fourth-order valence-corrected chi connectivity index (χ4v) is 9.89. The molecule has 4 fully saturated rings. The molecule has 0 radical (unpaired) electrons. The fourth-order valence-electron chi connectivity index (χ4n) is 9.50. The average molecular weight is 1100 g/mol. The van der Waals surface area contributed by atoms with Gasteiger partial charge in [0.1, 0.15) is 30.5 Å². The number of fused-ring (bicyclic) bond motifs is 2. The zero-order valence-corrected chi connectivity index (χ0v) is 44.2. The Labute approximate surface area is 453 Å². The van der Waals surface area contributed by atoms with E-state index in [0.717, 1.165) is 49.9 Å². The van der Waals surface area contributed by atoms with Gasteiger partial charge in [-0.25, -0.2) is 8.78 Å². The Kier molecular flexibility index (Phi) is 18.0. The van der Waals surface area contributed by atoms with Crippen LogP contribution in [0.25, 0.3) is 21.8 Å². The maximum Gasteiger partial charge on any atom is 0.323 e. The second-order valence-electron chi connectivity index (χ2n) is 19.7. The van der Waals surface area contributed by atoms with E-state index in [1.54, 1.807) is 78.7 Å². The Balaban J connectivity index is 0.000000169. The molecule has 16 nitrogen and oxygen atoms in total. The number of carbonyl (C=O) groups is 8. The molecule has 0 bridgehead atoms. The molecule has 10 rings (SSSR count). The van der Waals surface area contributed by atoms with E-state index in [4.69, 9.17) is 28.3 Å². The lowest BCUT2D eigenvalue weighted by Gasteiger charge is -2.22. The van der Waals surface area contributed by atoms with Crippen molar-refractivity contribution in [3.05, 3.63) is 129 Å². The van der Waals surface area contributed by atoms with Crippen molar-refractivity contribution in [3.8, 4) is 0 Å². The fraction of sp³-hybridized carbons (Fsp3) is 0.368. The van der Waals surface area contributed by atoms with Crippen LogP contribution in [0.4, 0.5) is 20.2 Å². The van der Waals surface area contributed by atoms with Crippen LogP contribution in [-0.4, -0.2) is 104 Å². The summed E-state index contributed by atoms with van der Waals surface area (Å²) >= 11 is 11.5. The third kappa shape index (κ3) is 14.0. The van der Waals surface area contributed by atoms with Gasteiger partial charge in [-0.3, -0.25) is 38.4 Å². The number of carbonyl (C=O) groups excluding carboxylic acids is 7. The molecule has 2 aromatic heterocycles. The number of ketones is 3. The number of rotatable bonds is 19. The standard InChI is InChI=1S/C28H28ClFN4O4.C16H16N2O4.C13H15ClFNO/c1-17(35)22-14-32(24-10-9-20(12-21(22)24)33-11-3-6-26(33)37)16-27(38)34(19-7-8-19)15-25(36)31-13-18-4-2-5-23(29)28(18)30;1-10(19)13-8-17(9-16(21)22)14-5-4-11(7-12(13)14)18-6-2-3-15(18)20;14-12-3-1-2-9(13(12)15)4-7-11(17)8-16-10-5-6-10/h2,4-5,9-10,12,14,19H,3,6-8,11,13,15-16H2,1H3,(H,31,36);4-5,7-8H,2-3,6,9H2,1H3,(H,21,22);1-3,10,16H,4-8H2. The highest BCUT2D eigenvalue weighted by molar-refractivity contribution is 6.31. The van der Waals surface area contributed by atoms with Crippen molar-refractivity contribution in [3.63, 3.8) is 0 Å². The Morgan fingerprint density at radius 1 is 0.701 bits per heavy atom. The lowest BCUT2D eigenvalue weighted by Crippen LogP contribution is -2.43. The zero-order chi connectivity index (χ0) is 55.1. The second-order valence-corrected chi connectivity index (χ2v) is 20.5. The molecule has 3 N–H and O–H groups in total. The molecule has 4 aromatic carbocycles. The van der Waals surface area contributed by atoms with Crippen LogP contribution in [-0.2, 0) is 54.8 Å². The smallest absolute Gasteiger partial charge is 0.323 e. The van der Waals surface area contributed by atoms with Crippen molar-refractivity contribution in [1.29, 1.82) is 0 Å². The number of anilines is 2. The monoisotopic (exact) mass is 1090 g/mol. The summed E-state index contributed by atoms with van der Waals surface area (Å²) in [6, 6.07) is 20.8. The van der Waals surface area contributed by atoms with E-state index < -0.39 is 23.5 Å².